The van der Waals surface area contributed by atoms with Crippen LogP contribution in [0.5, 0.6) is 0 Å². The SMILES string of the molecule is CNC(=O)Nc1ccccc1B1OC(C)(C)C(C)(C)O1. The Hall–Kier alpha value is -1.53. The number of hydrogen-bond donors (Lipinski definition) is 2. The van der Waals surface area contributed by atoms with Gasteiger partial charge in [-0.2, -0.15) is 0 Å². The highest BCUT2D eigenvalue weighted by atomic mass is 16.7. The van der Waals surface area contributed by atoms with Crippen LogP contribution >= 0.6 is 0 Å². The summed E-state index contributed by atoms with van der Waals surface area (Å²) in [5, 5.41) is 5.31. The first kappa shape index (κ1) is 14.9. The number of carbonyl (C=O) groups is 1. The highest BCUT2D eigenvalue weighted by Crippen LogP contribution is 2.36. The van der Waals surface area contributed by atoms with Gasteiger partial charge in [0.15, 0.2) is 0 Å². The van der Waals surface area contributed by atoms with Crippen molar-refractivity contribution in [1.82, 2.24) is 5.32 Å². The number of anilines is 1. The lowest BCUT2D eigenvalue weighted by molar-refractivity contribution is 0.00578. The van der Waals surface area contributed by atoms with Crippen molar-refractivity contribution < 1.29 is 14.1 Å². The normalized spacial score (nSPS) is 19.8. The molecule has 0 saturated carbocycles. The van der Waals surface area contributed by atoms with E-state index in [1.165, 1.54) is 0 Å². The average molecular weight is 276 g/mol. The zero-order valence-electron chi connectivity index (χ0n) is 12.6. The molecular formula is C14H21BN2O3. The van der Waals surface area contributed by atoms with Gasteiger partial charge in [0.2, 0.25) is 0 Å². The number of hydrogen-bond acceptors (Lipinski definition) is 3. The molecule has 0 radical (unpaired) electrons. The summed E-state index contributed by atoms with van der Waals surface area (Å²) in [6.45, 7) is 8.01. The van der Waals surface area contributed by atoms with E-state index in [-0.39, 0.29) is 6.03 Å². The molecule has 20 heavy (non-hydrogen) atoms. The molecule has 1 heterocycles. The number of urea groups is 1. The lowest BCUT2D eigenvalue weighted by atomic mass is 9.78. The number of benzene rings is 1. The molecule has 1 saturated heterocycles. The Morgan fingerprint density at radius 1 is 1.10 bits per heavy atom. The Morgan fingerprint density at radius 3 is 2.20 bits per heavy atom. The second-order valence-corrected chi connectivity index (χ2v) is 5.88. The maximum Gasteiger partial charge on any atom is 0.496 e. The van der Waals surface area contributed by atoms with E-state index >= 15 is 0 Å². The number of amides is 2. The highest BCUT2D eigenvalue weighted by molar-refractivity contribution is 6.64. The van der Waals surface area contributed by atoms with Crippen molar-refractivity contribution in [2.24, 2.45) is 0 Å². The van der Waals surface area contributed by atoms with Crippen molar-refractivity contribution >= 4 is 24.3 Å². The second kappa shape index (κ2) is 5.11. The minimum atomic E-state index is -0.492. The monoisotopic (exact) mass is 276 g/mol. The third kappa shape index (κ3) is 2.67. The molecule has 1 aliphatic rings. The molecule has 2 amide bonds. The van der Waals surface area contributed by atoms with Gasteiger partial charge in [0, 0.05) is 18.2 Å². The molecule has 0 spiro atoms. The summed E-state index contributed by atoms with van der Waals surface area (Å²) >= 11 is 0. The molecule has 2 N–H and O–H groups in total. The fourth-order valence-corrected chi connectivity index (χ4v) is 1.97. The topological polar surface area (TPSA) is 59.6 Å². The van der Waals surface area contributed by atoms with Crippen molar-refractivity contribution in [1.29, 1.82) is 0 Å². The second-order valence-electron chi connectivity index (χ2n) is 5.88. The van der Waals surface area contributed by atoms with Gasteiger partial charge in [-0.15, -0.1) is 0 Å². The van der Waals surface area contributed by atoms with Gasteiger partial charge in [-0.1, -0.05) is 18.2 Å². The molecule has 6 heteroatoms. The summed E-state index contributed by atoms with van der Waals surface area (Å²) in [5.41, 5.74) is 0.690. The lowest BCUT2D eigenvalue weighted by Crippen LogP contribution is -2.41. The van der Waals surface area contributed by atoms with E-state index in [0.29, 0.717) is 5.69 Å². The number of carbonyl (C=O) groups excluding carboxylic acids is 1. The minimum absolute atomic E-state index is 0.269. The summed E-state index contributed by atoms with van der Waals surface area (Å²) in [7, 11) is 1.08. The summed E-state index contributed by atoms with van der Waals surface area (Å²) in [4.78, 5) is 11.5. The van der Waals surface area contributed by atoms with Crippen molar-refractivity contribution in [3.8, 4) is 0 Å². The van der Waals surface area contributed by atoms with E-state index in [4.69, 9.17) is 9.31 Å². The maximum absolute atomic E-state index is 11.5. The first-order chi connectivity index (χ1) is 9.27. The quantitative estimate of drug-likeness (QED) is 0.809. The Morgan fingerprint density at radius 2 is 1.65 bits per heavy atom. The van der Waals surface area contributed by atoms with E-state index in [1.54, 1.807) is 7.05 Å². The number of rotatable bonds is 2. The zero-order valence-corrected chi connectivity index (χ0v) is 12.6. The predicted molar refractivity (Wildman–Crippen MR) is 80.2 cm³/mol. The van der Waals surface area contributed by atoms with Crippen LogP contribution in [0.4, 0.5) is 10.5 Å². The largest absolute Gasteiger partial charge is 0.496 e. The molecule has 0 atom stereocenters. The summed E-state index contributed by atoms with van der Waals surface area (Å²) in [6.07, 6.45) is 0. The summed E-state index contributed by atoms with van der Waals surface area (Å²) in [6, 6.07) is 7.22. The predicted octanol–water partition coefficient (Wildman–Crippen LogP) is 1.74. The van der Waals surface area contributed by atoms with Crippen molar-refractivity contribution in [2.75, 3.05) is 12.4 Å². The molecular weight excluding hydrogens is 255 g/mol. The molecule has 108 valence electrons. The van der Waals surface area contributed by atoms with Gasteiger partial charge in [-0.25, -0.2) is 4.79 Å². The summed E-state index contributed by atoms with van der Waals surface area (Å²) < 4.78 is 12.0. The molecule has 0 bridgehead atoms. The van der Waals surface area contributed by atoms with Crippen LogP contribution in [0, 0.1) is 0 Å². The third-order valence-corrected chi connectivity index (χ3v) is 3.94. The lowest BCUT2D eigenvalue weighted by Gasteiger charge is -2.32. The van der Waals surface area contributed by atoms with Crippen LogP contribution in [0.15, 0.2) is 24.3 Å². The Kier molecular flexibility index (Phi) is 3.80. The van der Waals surface area contributed by atoms with Gasteiger partial charge >= 0.3 is 13.1 Å². The number of nitrogens with one attached hydrogen (secondary N) is 2. The van der Waals surface area contributed by atoms with E-state index in [0.717, 1.165) is 5.46 Å². The fraction of sp³-hybridized carbons (Fsp3) is 0.500. The molecule has 2 rings (SSSR count). The summed E-state index contributed by atoms with van der Waals surface area (Å²) in [5.74, 6) is 0. The van der Waals surface area contributed by atoms with Crippen molar-refractivity contribution in [2.45, 2.75) is 38.9 Å². The van der Waals surface area contributed by atoms with Crippen LogP contribution in [-0.4, -0.2) is 31.4 Å². The molecule has 1 aromatic rings. The van der Waals surface area contributed by atoms with E-state index in [1.807, 2.05) is 52.0 Å². The first-order valence-corrected chi connectivity index (χ1v) is 6.70. The molecule has 0 unspecified atom stereocenters. The Labute approximate surface area is 120 Å². The molecule has 0 aromatic heterocycles. The van der Waals surface area contributed by atoms with E-state index in [2.05, 4.69) is 10.6 Å². The fourth-order valence-electron chi connectivity index (χ4n) is 1.97. The van der Waals surface area contributed by atoms with Crippen LogP contribution in [-0.2, 0) is 9.31 Å². The van der Waals surface area contributed by atoms with Crippen LogP contribution in [0.1, 0.15) is 27.7 Å². The first-order valence-electron chi connectivity index (χ1n) is 6.70. The van der Waals surface area contributed by atoms with Gasteiger partial charge in [-0.3, -0.25) is 0 Å². The smallest absolute Gasteiger partial charge is 0.399 e. The molecule has 5 nitrogen and oxygen atoms in total. The number of para-hydroxylation sites is 1. The van der Waals surface area contributed by atoms with Gasteiger partial charge in [0.25, 0.3) is 0 Å². The van der Waals surface area contributed by atoms with Gasteiger partial charge in [-0.05, 0) is 33.8 Å². The minimum Gasteiger partial charge on any atom is -0.399 e. The van der Waals surface area contributed by atoms with Gasteiger partial charge in [0.1, 0.15) is 0 Å². The standard InChI is InChI=1S/C14H21BN2O3/c1-13(2)14(3,4)20-15(19-13)10-8-6-7-9-11(10)17-12(18)16-5/h6-9H,1-5H3,(H2,16,17,18). The molecule has 1 fully saturated rings. The van der Waals surface area contributed by atoms with E-state index < -0.39 is 18.3 Å². The maximum atomic E-state index is 11.5. The van der Waals surface area contributed by atoms with Crippen molar-refractivity contribution in [3.05, 3.63) is 24.3 Å². The van der Waals surface area contributed by atoms with Crippen LogP contribution < -0.4 is 16.1 Å². The third-order valence-electron chi connectivity index (χ3n) is 3.94. The zero-order chi connectivity index (χ0) is 15.0. The average Bonchev–Trinajstić information content (AvgIpc) is 2.59. The molecule has 1 aromatic carbocycles. The molecule has 1 aliphatic heterocycles. The van der Waals surface area contributed by atoms with Crippen LogP contribution in [0.25, 0.3) is 0 Å². The van der Waals surface area contributed by atoms with Gasteiger partial charge in [0.05, 0.1) is 11.2 Å². The van der Waals surface area contributed by atoms with Crippen LogP contribution in [0.3, 0.4) is 0 Å². The Bertz CT molecular complexity index is 501. The van der Waals surface area contributed by atoms with E-state index in [9.17, 15) is 4.79 Å². The molecule has 0 aliphatic carbocycles. The van der Waals surface area contributed by atoms with Crippen molar-refractivity contribution in [3.63, 3.8) is 0 Å². The Balaban J connectivity index is 2.28. The van der Waals surface area contributed by atoms with Gasteiger partial charge < -0.3 is 19.9 Å². The highest BCUT2D eigenvalue weighted by Gasteiger charge is 2.52. The van der Waals surface area contributed by atoms with Crippen LogP contribution in [0.2, 0.25) is 0 Å².